The van der Waals surface area contributed by atoms with E-state index in [1.54, 1.807) is 0 Å². The highest BCUT2D eigenvalue weighted by atomic mass is 16.5. The number of morpholine rings is 1. The number of aryl methyl sites for hydroxylation is 3. The van der Waals surface area contributed by atoms with Crippen molar-refractivity contribution in [2.75, 3.05) is 43.1 Å². The van der Waals surface area contributed by atoms with Gasteiger partial charge >= 0.3 is 0 Å². The Morgan fingerprint density at radius 2 is 1.81 bits per heavy atom. The van der Waals surface area contributed by atoms with Gasteiger partial charge in [-0.1, -0.05) is 18.2 Å². The highest BCUT2D eigenvalue weighted by Gasteiger charge is 2.18. The Morgan fingerprint density at radius 1 is 1.15 bits per heavy atom. The number of amides is 1. The number of ether oxygens (including phenoxy) is 2. The Morgan fingerprint density at radius 3 is 2.46 bits per heavy atom. The van der Waals surface area contributed by atoms with Gasteiger partial charge in [-0.2, -0.15) is 0 Å². The molecule has 0 radical (unpaired) electrons. The first-order valence-electron chi connectivity index (χ1n) is 8.71. The van der Waals surface area contributed by atoms with Crippen molar-refractivity contribution in [2.45, 2.75) is 20.8 Å². The number of hydrogen-bond acceptors (Lipinski definition) is 6. The van der Waals surface area contributed by atoms with E-state index in [-0.39, 0.29) is 12.5 Å². The maximum atomic E-state index is 12.3. The van der Waals surface area contributed by atoms with E-state index in [4.69, 9.17) is 9.47 Å². The molecular formula is C19H24N4O3. The third-order valence-electron chi connectivity index (χ3n) is 4.27. The lowest BCUT2D eigenvalue weighted by atomic mass is 10.2. The number of para-hydroxylation sites is 1. The molecule has 0 unspecified atom stereocenters. The van der Waals surface area contributed by atoms with E-state index in [0.29, 0.717) is 30.6 Å². The van der Waals surface area contributed by atoms with E-state index in [1.807, 2.05) is 45.0 Å². The maximum Gasteiger partial charge on any atom is 0.262 e. The Bertz CT molecular complexity index is 765. The highest BCUT2D eigenvalue weighted by molar-refractivity contribution is 5.93. The zero-order valence-electron chi connectivity index (χ0n) is 15.4. The van der Waals surface area contributed by atoms with Gasteiger partial charge in [0.25, 0.3) is 5.91 Å². The second-order valence-electron chi connectivity index (χ2n) is 6.27. The van der Waals surface area contributed by atoms with Crippen LogP contribution in [0.15, 0.2) is 24.3 Å². The topological polar surface area (TPSA) is 76.6 Å². The first-order valence-corrected chi connectivity index (χ1v) is 8.71. The van der Waals surface area contributed by atoms with Gasteiger partial charge in [-0.3, -0.25) is 4.79 Å². The van der Waals surface area contributed by atoms with Crippen molar-refractivity contribution in [3.8, 4) is 5.75 Å². The summed E-state index contributed by atoms with van der Waals surface area (Å²) in [6, 6.07) is 7.61. The average molecular weight is 356 g/mol. The van der Waals surface area contributed by atoms with Crippen molar-refractivity contribution in [3.63, 3.8) is 0 Å². The fraction of sp³-hybridized carbons (Fsp3) is 0.421. The molecule has 1 aliphatic rings. The molecule has 1 fully saturated rings. The Hall–Kier alpha value is -2.67. The van der Waals surface area contributed by atoms with E-state index in [2.05, 4.69) is 20.2 Å². The van der Waals surface area contributed by atoms with E-state index in [0.717, 1.165) is 30.0 Å². The number of anilines is 2. The number of nitrogens with one attached hydrogen (secondary N) is 1. The summed E-state index contributed by atoms with van der Waals surface area (Å²) in [5.74, 6) is 1.15. The summed E-state index contributed by atoms with van der Waals surface area (Å²) >= 11 is 0. The van der Waals surface area contributed by atoms with Crippen molar-refractivity contribution in [1.29, 1.82) is 0 Å². The molecule has 0 bridgehead atoms. The smallest absolute Gasteiger partial charge is 0.262 e. The molecule has 1 aliphatic heterocycles. The van der Waals surface area contributed by atoms with Crippen LogP contribution in [0.4, 0.5) is 11.6 Å². The van der Waals surface area contributed by atoms with Crippen LogP contribution in [-0.2, 0) is 9.53 Å². The van der Waals surface area contributed by atoms with Crippen LogP contribution in [0.2, 0.25) is 0 Å². The third-order valence-corrected chi connectivity index (χ3v) is 4.27. The minimum Gasteiger partial charge on any atom is -0.483 e. The number of rotatable bonds is 5. The van der Waals surface area contributed by atoms with Crippen LogP contribution in [0, 0.1) is 20.8 Å². The molecule has 1 aromatic heterocycles. The molecule has 2 heterocycles. The van der Waals surface area contributed by atoms with Crippen LogP contribution in [-0.4, -0.2) is 48.8 Å². The molecule has 7 nitrogen and oxygen atoms in total. The molecule has 0 atom stereocenters. The molecule has 3 rings (SSSR count). The lowest BCUT2D eigenvalue weighted by Crippen LogP contribution is -2.37. The average Bonchev–Trinajstić information content (AvgIpc) is 2.64. The molecule has 1 amide bonds. The first-order chi connectivity index (χ1) is 12.5. The van der Waals surface area contributed by atoms with E-state index < -0.39 is 0 Å². The number of nitrogens with zero attached hydrogens (tertiary/aromatic N) is 3. The minimum absolute atomic E-state index is 0.0606. The summed E-state index contributed by atoms with van der Waals surface area (Å²) in [4.78, 5) is 23.5. The van der Waals surface area contributed by atoms with Crippen molar-refractivity contribution in [3.05, 3.63) is 41.2 Å². The molecule has 1 saturated heterocycles. The van der Waals surface area contributed by atoms with Gasteiger partial charge < -0.3 is 19.7 Å². The van der Waals surface area contributed by atoms with Crippen molar-refractivity contribution >= 4 is 17.5 Å². The monoisotopic (exact) mass is 356 g/mol. The van der Waals surface area contributed by atoms with Crippen molar-refractivity contribution < 1.29 is 14.3 Å². The second-order valence-corrected chi connectivity index (χ2v) is 6.27. The normalized spacial score (nSPS) is 14.2. The van der Waals surface area contributed by atoms with Gasteiger partial charge in [-0.05, 0) is 32.4 Å². The summed E-state index contributed by atoms with van der Waals surface area (Å²) in [7, 11) is 0. The van der Waals surface area contributed by atoms with Crippen molar-refractivity contribution in [1.82, 2.24) is 9.97 Å². The van der Waals surface area contributed by atoms with Gasteiger partial charge in [-0.25, -0.2) is 9.97 Å². The van der Waals surface area contributed by atoms with Crippen LogP contribution in [0.3, 0.4) is 0 Å². The highest BCUT2D eigenvalue weighted by Crippen LogP contribution is 2.21. The molecule has 2 aromatic rings. The molecule has 1 aromatic carbocycles. The molecule has 138 valence electrons. The Balaban J connectivity index is 1.65. The van der Waals surface area contributed by atoms with Gasteiger partial charge in [0.15, 0.2) is 6.61 Å². The van der Waals surface area contributed by atoms with Gasteiger partial charge in [0.1, 0.15) is 5.75 Å². The van der Waals surface area contributed by atoms with E-state index >= 15 is 0 Å². The SMILES string of the molecule is Cc1ccccc1OCC(=O)Nc1c(C)nc(N2CCOCC2)nc1C. The zero-order chi connectivity index (χ0) is 18.5. The van der Waals surface area contributed by atoms with Crippen LogP contribution in [0.1, 0.15) is 17.0 Å². The summed E-state index contributed by atoms with van der Waals surface area (Å²) in [5.41, 5.74) is 3.11. The quantitative estimate of drug-likeness (QED) is 0.886. The molecule has 0 aliphatic carbocycles. The zero-order valence-corrected chi connectivity index (χ0v) is 15.4. The molecule has 1 N–H and O–H groups in total. The van der Waals surface area contributed by atoms with Crippen LogP contribution >= 0.6 is 0 Å². The number of carbonyl (C=O) groups is 1. The predicted octanol–water partition coefficient (Wildman–Crippen LogP) is 2.26. The number of aromatic nitrogens is 2. The summed E-state index contributed by atoms with van der Waals surface area (Å²) < 4.78 is 11.0. The van der Waals surface area contributed by atoms with Crippen LogP contribution in [0.5, 0.6) is 5.75 Å². The predicted molar refractivity (Wildman–Crippen MR) is 99.8 cm³/mol. The summed E-state index contributed by atoms with van der Waals surface area (Å²) in [5, 5.41) is 2.87. The summed E-state index contributed by atoms with van der Waals surface area (Å²) in [6.07, 6.45) is 0. The second kappa shape index (κ2) is 8.14. The van der Waals surface area contributed by atoms with Gasteiger partial charge in [0, 0.05) is 13.1 Å². The molecule has 0 spiro atoms. The molecule has 0 saturated carbocycles. The first kappa shape index (κ1) is 18.1. The number of benzene rings is 1. The van der Waals surface area contributed by atoms with Crippen LogP contribution in [0.25, 0.3) is 0 Å². The Labute approximate surface area is 153 Å². The van der Waals surface area contributed by atoms with E-state index in [9.17, 15) is 4.79 Å². The molecular weight excluding hydrogens is 332 g/mol. The molecule has 7 heteroatoms. The minimum atomic E-state index is -0.234. The lowest BCUT2D eigenvalue weighted by Gasteiger charge is -2.27. The molecule has 26 heavy (non-hydrogen) atoms. The van der Waals surface area contributed by atoms with E-state index in [1.165, 1.54) is 0 Å². The number of hydrogen-bond donors (Lipinski definition) is 1. The van der Waals surface area contributed by atoms with Crippen LogP contribution < -0.4 is 15.0 Å². The largest absolute Gasteiger partial charge is 0.483 e. The van der Waals surface area contributed by atoms with Crippen molar-refractivity contribution in [2.24, 2.45) is 0 Å². The van der Waals surface area contributed by atoms with Gasteiger partial charge in [0.05, 0.1) is 30.3 Å². The fourth-order valence-electron chi connectivity index (χ4n) is 2.82. The summed E-state index contributed by atoms with van der Waals surface area (Å²) in [6.45, 7) is 8.53. The Kier molecular flexibility index (Phi) is 5.68. The standard InChI is InChI=1S/C19H24N4O3/c1-13-6-4-5-7-16(13)26-12-17(24)22-18-14(2)20-19(21-15(18)3)23-8-10-25-11-9-23/h4-7H,8-12H2,1-3H3,(H,22,24). The third kappa shape index (κ3) is 4.29. The van der Waals surface area contributed by atoms with Gasteiger partial charge in [0.2, 0.25) is 5.95 Å². The lowest BCUT2D eigenvalue weighted by molar-refractivity contribution is -0.118. The maximum absolute atomic E-state index is 12.3. The van der Waals surface area contributed by atoms with Gasteiger partial charge in [-0.15, -0.1) is 0 Å². The number of carbonyl (C=O) groups excluding carboxylic acids is 1. The fourth-order valence-corrected chi connectivity index (χ4v) is 2.82.